The van der Waals surface area contributed by atoms with Gasteiger partial charge in [-0.05, 0) is 48.7 Å². The van der Waals surface area contributed by atoms with Gasteiger partial charge in [-0.15, -0.1) is 0 Å². The number of hydrogen-bond donors (Lipinski definition) is 6. The minimum Gasteiger partial charge on any atom is -0.507 e. The number of nitrogens with two attached hydrogens (primary N) is 1. The molecule has 7 N–H and O–H groups in total. The molecule has 2 aliphatic rings. The van der Waals surface area contributed by atoms with Crippen molar-refractivity contribution in [1.29, 1.82) is 0 Å². The Labute approximate surface area is 230 Å². The molecule has 0 saturated carbocycles. The van der Waals surface area contributed by atoms with E-state index in [0.29, 0.717) is 47.4 Å². The van der Waals surface area contributed by atoms with E-state index in [1.807, 2.05) is 0 Å². The first-order valence-corrected chi connectivity index (χ1v) is 12.7. The van der Waals surface area contributed by atoms with E-state index in [1.54, 1.807) is 44.4 Å². The van der Waals surface area contributed by atoms with Crippen LogP contribution in [0.15, 0.2) is 68.8 Å². The SMILES string of the molecule is C/N=C(\NC)NCCC[C@@H](N)C(=O)NCc1c(O)ccc2c(-c3ccccc3C(=O)O)c3ccc(=O)cc-3oc12. The van der Waals surface area contributed by atoms with Gasteiger partial charge in [-0.2, -0.15) is 0 Å². The van der Waals surface area contributed by atoms with Gasteiger partial charge < -0.3 is 36.3 Å². The number of benzene rings is 3. The normalized spacial score (nSPS) is 12.3. The molecule has 0 fully saturated rings. The fourth-order valence-corrected chi connectivity index (χ4v) is 4.57. The highest BCUT2D eigenvalue weighted by atomic mass is 16.4. The monoisotopic (exact) mass is 545 g/mol. The van der Waals surface area contributed by atoms with Gasteiger partial charge in [-0.25, -0.2) is 4.79 Å². The highest BCUT2D eigenvalue weighted by molar-refractivity contribution is 6.08. The number of nitrogens with one attached hydrogen (secondary N) is 3. The fourth-order valence-electron chi connectivity index (χ4n) is 4.57. The summed E-state index contributed by atoms with van der Waals surface area (Å²) in [6, 6.07) is 13.1. The second kappa shape index (κ2) is 12.3. The highest BCUT2D eigenvalue weighted by Gasteiger charge is 2.24. The highest BCUT2D eigenvalue weighted by Crippen LogP contribution is 2.43. The zero-order chi connectivity index (χ0) is 28.8. The van der Waals surface area contributed by atoms with Gasteiger partial charge >= 0.3 is 5.97 Å². The van der Waals surface area contributed by atoms with Crippen molar-refractivity contribution in [2.75, 3.05) is 20.6 Å². The van der Waals surface area contributed by atoms with Crippen LogP contribution in [0.2, 0.25) is 0 Å². The van der Waals surface area contributed by atoms with Gasteiger partial charge in [0.1, 0.15) is 17.1 Å². The Hall–Kier alpha value is -4.90. The number of hydrogen-bond acceptors (Lipinski definition) is 7. The van der Waals surface area contributed by atoms with Crippen molar-refractivity contribution in [2.45, 2.75) is 25.4 Å². The van der Waals surface area contributed by atoms with Crippen molar-refractivity contribution in [3.8, 4) is 28.2 Å². The first-order chi connectivity index (χ1) is 19.2. The molecule has 0 bridgehead atoms. The number of fused-ring (bicyclic) bond motifs is 2. The molecule has 1 atom stereocenters. The van der Waals surface area contributed by atoms with E-state index in [1.165, 1.54) is 24.3 Å². The van der Waals surface area contributed by atoms with E-state index in [0.717, 1.165) is 0 Å². The number of carbonyl (C=O) groups excluding carboxylic acids is 1. The van der Waals surface area contributed by atoms with Gasteiger partial charge in [0.2, 0.25) is 5.91 Å². The quantitative estimate of drug-likeness (QED) is 0.0797. The molecule has 11 nitrogen and oxygen atoms in total. The average Bonchev–Trinajstić information content (AvgIpc) is 2.95. The van der Waals surface area contributed by atoms with Crippen molar-refractivity contribution < 1.29 is 24.2 Å². The topological polar surface area (TPSA) is 179 Å². The lowest BCUT2D eigenvalue weighted by Gasteiger charge is -2.19. The van der Waals surface area contributed by atoms with Crippen molar-refractivity contribution in [1.82, 2.24) is 16.0 Å². The van der Waals surface area contributed by atoms with Gasteiger partial charge in [0, 0.05) is 43.2 Å². The molecule has 40 heavy (non-hydrogen) atoms. The number of amides is 1. The molecule has 1 aliphatic heterocycles. The molecule has 0 aromatic heterocycles. The van der Waals surface area contributed by atoms with E-state index in [2.05, 4.69) is 20.9 Å². The van der Waals surface area contributed by atoms with E-state index in [-0.39, 0.29) is 40.2 Å². The minimum atomic E-state index is -1.11. The maximum Gasteiger partial charge on any atom is 0.336 e. The summed E-state index contributed by atoms with van der Waals surface area (Å²) in [5, 5.41) is 29.9. The molecule has 0 radical (unpaired) electrons. The Morgan fingerprint density at radius 2 is 1.85 bits per heavy atom. The first-order valence-electron chi connectivity index (χ1n) is 12.7. The number of aliphatic imine (C=N–C) groups is 1. The molecule has 4 rings (SSSR count). The summed E-state index contributed by atoms with van der Waals surface area (Å²) >= 11 is 0. The molecular weight excluding hydrogens is 514 g/mol. The Morgan fingerprint density at radius 3 is 2.58 bits per heavy atom. The summed E-state index contributed by atoms with van der Waals surface area (Å²) in [5.74, 6) is -0.807. The first kappa shape index (κ1) is 28.1. The van der Waals surface area contributed by atoms with Crippen molar-refractivity contribution in [3.63, 3.8) is 0 Å². The van der Waals surface area contributed by atoms with Gasteiger partial charge in [-0.3, -0.25) is 14.6 Å². The molecule has 2 aromatic carbocycles. The summed E-state index contributed by atoms with van der Waals surface area (Å²) in [7, 11) is 3.41. The van der Waals surface area contributed by atoms with Crippen LogP contribution in [-0.2, 0) is 11.3 Å². The Kier molecular flexibility index (Phi) is 8.65. The molecule has 1 aliphatic carbocycles. The van der Waals surface area contributed by atoms with Crippen LogP contribution >= 0.6 is 0 Å². The Bertz CT molecular complexity index is 1610. The van der Waals surface area contributed by atoms with Crippen LogP contribution in [0.1, 0.15) is 28.8 Å². The molecule has 1 heterocycles. The zero-order valence-electron chi connectivity index (χ0n) is 22.2. The van der Waals surface area contributed by atoms with Crippen LogP contribution < -0.4 is 27.1 Å². The van der Waals surface area contributed by atoms with Crippen LogP contribution in [0.5, 0.6) is 5.75 Å². The summed E-state index contributed by atoms with van der Waals surface area (Å²) in [6.45, 7) is 0.472. The molecule has 0 spiro atoms. The van der Waals surface area contributed by atoms with E-state index >= 15 is 0 Å². The van der Waals surface area contributed by atoms with Crippen molar-refractivity contribution in [2.24, 2.45) is 10.7 Å². The number of phenolic OH excluding ortho intramolecular Hbond substituents is 1. The van der Waals surface area contributed by atoms with E-state index in [9.17, 15) is 24.6 Å². The van der Waals surface area contributed by atoms with Gasteiger partial charge in [-0.1, -0.05) is 18.2 Å². The van der Waals surface area contributed by atoms with E-state index in [4.69, 9.17) is 10.2 Å². The number of carboxylic acids is 1. The zero-order valence-corrected chi connectivity index (χ0v) is 22.2. The average molecular weight is 546 g/mol. The van der Waals surface area contributed by atoms with Crippen molar-refractivity contribution in [3.05, 3.63) is 75.9 Å². The molecule has 0 saturated heterocycles. The number of carbonyl (C=O) groups is 2. The van der Waals surface area contributed by atoms with Gasteiger partial charge in [0.15, 0.2) is 11.4 Å². The second-order valence-electron chi connectivity index (χ2n) is 9.14. The maximum atomic E-state index is 12.8. The maximum absolute atomic E-state index is 12.8. The third-order valence-corrected chi connectivity index (χ3v) is 6.59. The minimum absolute atomic E-state index is 0.0675. The largest absolute Gasteiger partial charge is 0.507 e. The molecule has 208 valence electrons. The Morgan fingerprint density at radius 1 is 1.07 bits per heavy atom. The molecule has 2 aromatic rings. The smallest absolute Gasteiger partial charge is 0.336 e. The molecule has 11 heteroatoms. The third kappa shape index (κ3) is 5.89. The van der Waals surface area contributed by atoms with Gasteiger partial charge in [0.05, 0.1) is 23.7 Å². The molecule has 1 amide bonds. The third-order valence-electron chi connectivity index (χ3n) is 6.59. The van der Waals surface area contributed by atoms with Crippen LogP contribution in [0, 0.1) is 0 Å². The number of phenols is 1. The predicted molar refractivity (Wildman–Crippen MR) is 153 cm³/mol. The lowest BCUT2D eigenvalue weighted by molar-refractivity contribution is -0.122. The standard InChI is InChI=1S/C29H31N5O6/c1-31-29(32-2)33-13-5-8-22(30)27(37)34-15-21-23(36)12-11-20-25(17-6-3-4-7-18(17)28(38)39)19-10-9-16(35)14-24(19)40-26(20)21/h3-4,6-7,9-12,14,22,36H,5,8,13,15,30H2,1-2H3,(H,34,37)(H,38,39)(H2,31,32,33)/t22-/m1/s1. The summed E-state index contributed by atoms with van der Waals surface area (Å²) in [6.07, 6.45) is 1.04. The lowest BCUT2D eigenvalue weighted by Crippen LogP contribution is -2.41. The number of aromatic carboxylic acids is 1. The van der Waals surface area contributed by atoms with Gasteiger partial charge in [0.25, 0.3) is 0 Å². The van der Waals surface area contributed by atoms with Crippen LogP contribution in [-0.4, -0.2) is 54.7 Å². The molecular formula is C29H31N5O6. The lowest BCUT2D eigenvalue weighted by atomic mass is 9.90. The van der Waals surface area contributed by atoms with Crippen LogP contribution in [0.3, 0.4) is 0 Å². The number of carboxylic acid groups (broad SMARTS) is 1. The molecule has 0 unspecified atom stereocenters. The number of nitrogens with zero attached hydrogens (tertiary/aromatic N) is 1. The number of guanidine groups is 1. The number of aromatic hydroxyl groups is 1. The summed E-state index contributed by atoms with van der Waals surface area (Å²) in [5.41, 5.74) is 7.83. The van der Waals surface area contributed by atoms with E-state index < -0.39 is 17.9 Å². The van der Waals surface area contributed by atoms with Crippen LogP contribution in [0.4, 0.5) is 0 Å². The second-order valence-corrected chi connectivity index (χ2v) is 9.14. The van der Waals surface area contributed by atoms with Crippen molar-refractivity contribution >= 4 is 28.8 Å². The Balaban J connectivity index is 1.68. The summed E-state index contributed by atoms with van der Waals surface area (Å²) < 4.78 is 6.10. The fraction of sp³-hybridized carbons (Fsp3) is 0.241. The summed E-state index contributed by atoms with van der Waals surface area (Å²) in [4.78, 5) is 41.0. The number of rotatable bonds is 9. The predicted octanol–water partition coefficient (Wildman–Crippen LogP) is 2.49. The van der Waals surface area contributed by atoms with Crippen LogP contribution in [0.25, 0.3) is 33.4 Å².